The van der Waals surface area contributed by atoms with Gasteiger partial charge in [-0.3, -0.25) is 14.7 Å². The Morgan fingerprint density at radius 3 is 2.96 bits per heavy atom. The van der Waals surface area contributed by atoms with Crippen molar-refractivity contribution >= 4 is 16.9 Å². The molecule has 3 heterocycles. The fraction of sp³-hybridized carbons (Fsp3) is 0.333. The molecule has 140 valence electrons. The predicted molar refractivity (Wildman–Crippen MR) is 95.1 cm³/mol. The van der Waals surface area contributed by atoms with E-state index in [2.05, 4.69) is 15.2 Å². The number of H-pyrrole nitrogens is 1. The molecule has 1 aliphatic rings. The molecule has 3 aromatic rings. The van der Waals surface area contributed by atoms with E-state index in [0.29, 0.717) is 24.3 Å². The van der Waals surface area contributed by atoms with Crippen LogP contribution in [-0.2, 0) is 7.05 Å². The number of aryl methyl sites for hydroxylation is 1. The number of methoxy groups -OCH3 is 1. The van der Waals surface area contributed by atoms with Crippen LogP contribution in [0.5, 0.6) is 5.75 Å². The highest BCUT2D eigenvalue weighted by atomic mass is 19.1. The third-order valence-electron chi connectivity index (χ3n) is 4.92. The van der Waals surface area contributed by atoms with Gasteiger partial charge < -0.3 is 14.2 Å². The number of ether oxygens (including phenoxy) is 1. The first-order chi connectivity index (χ1) is 13.0. The number of nitrogens with zero attached hydrogens (tertiary/aromatic N) is 4. The van der Waals surface area contributed by atoms with Crippen LogP contribution in [-0.4, -0.2) is 44.2 Å². The molecule has 0 spiro atoms. The van der Waals surface area contributed by atoms with Gasteiger partial charge in [0.15, 0.2) is 5.52 Å². The van der Waals surface area contributed by atoms with Gasteiger partial charge in [0.1, 0.15) is 22.8 Å². The Morgan fingerprint density at radius 1 is 1.37 bits per heavy atom. The van der Waals surface area contributed by atoms with E-state index < -0.39 is 11.9 Å². The Balaban J connectivity index is 1.77. The standard InChI is InChI=1S/C18H18FN5O3/c1-23-9-20-14-15(17(23)25)21-22-16(14)18(26)24-8-4-6-11(24)13-10(19)5-3-7-12(13)27-2/h3,5,7,9,11H,4,6,8H2,1-2H3,(H,21,22). The van der Waals surface area contributed by atoms with E-state index >= 15 is 0 Å². The van der Waals surface area contributed by atoms with Crippen LogP contribution in [0.3, 0.4) is 0 Å². The lowest BCUT2D eigenvalue weighted by Crippen LogP contribution is -2.31. The number of likely N-dealkylation sites (tertiary alicyclic amines) is 1. The minimum Gasteiger partial charge on any atom is -0.496 e. The number of amides is 1. The number of halogens is 1. The molecule has 0 radical (unpaired) electrons. The second-order valence-corrected chi connectivity index (χ2v) is 6.47. The number of rotatable bonds is 3. The molecule has 1 atom stereocenters. The average Bonchev–Trinajstić information content (AvgIpc) is 3.31. The largest absolute Gasteiger partial charge is 0.496 e. The molecule has 9 heteroatoms. The predicted octanol–water partition coefficient (Wildman–Crippen LogP) is 1.78. The first kappa shape index (κ1) is 17.2. The van der Waals surface area contributed by atoms with Crippen LogP contribution in [0, 0.1) is 5.82 Å². The third kappa shape index (κ3) is 2.66. The number of aromatic amines is 1. The maximum atomic E-state index is 14.5. The molecule has 1 fully saturated rings. The normalized spacial score (nSPS) is 16.9. The highest BCUT2D eigenvalue weighted by Gasteiger charge is 2.36. The van der Waals surface area contributed by atoms with Gasteiger partial charge in [-0.2, -0.15) is 5.10 Å². The van der Waals surface area contributed by atoms with E-state index in [9.17, 15) is 14.0 Å². The fourth-order valence-electron chi connectivity index (χ4n) is 3.60. The van der Waals surface area contributed by atoms with E-state index in [4.69, 9.17) is 4.74 Å². The Labute approximate surface area is 153 Å². The van der Waals surface area contributed by atoms with Gasteiger partial charge in [-0.25, -0.2) is 9.37 Å². The second kappa shape index (κ2) is 6.49. The zero-order valence-corrected chi connectivity index (χ0v) is 14.9. The van der Waals surface area contributed by atoms with Crippen LogP contribution < -0.4 is 10.3 Å². The number of aromatic nitrogens is 4. The number of carbonyl (C=O) groups is 1. The summed E-state index contributed by atoms with van der Waals surface area (Å²) in [7, 11) is 3.04. The zero-order valence-electron chi connectivity index (χ0n) is 14.9. The van der Waals surface area contributed by atoms with Crippen molar-refractivity contribution in [3.8, 4) is 5.75 Å². The smallest absolute Gasteiger partial charge is 0.281 e. The molecule has 1 aliphatic heterocycles. The van der Waals surface area contributed by atoms with Crippen molar-refractivity contribution < 1.29 is 13.9 Å². The highest BCUT2D eigenvalue weighted by Crippen LogP contribution is 2.39. The fourth-order valence-corrected chi connectivity index (χ4v) is 3.60. The molecule has 8 nitrogen and oxygen atoms in total. The Hall–Kier alpha value is -3.23. The molecule has 1 amide bonds. The van der Waals surface area contributed by atoms with E-state index in [1.165, 1.54) is 24.1 Å². The molecule has 4 rings (SSSR count). The van der Waals surface area contributed by atoms with Crippen molar-refractivity contribution in [3.05, 3.63) is 52.0 Å². The number of benzene rings is 1. The number of fused-ring (bicyclic) bond motifs is 1. The summed E-state index contributed by atoms with van der Waals surface area (Å²) < 4.78 is 21.1. The van der Waals surface area contributed by atoms with Crippen LogP contribution in [0.1, 0.15) is 34.9 Å². The van der Waals surface area contributed by atoms with Crippen LogP contribution in [0.15, 0.2) is 29.3 Å². The molecule has 2 aromatic heterocycles. The van der Waals surface area contributed by atoms with Crippen LogP contribution in [0.4, 0.5) is 4.39 Å². The Bertz CT molecular complexity index is 1090. The number of nitrogens with one attached hydrogen (secondary N) is 1. The molecule has 0 aliphatic carbocycles. The van der Waals surface area contributed by atoms with Gasteiger partial charge in [0.2, 0.25) is 0 Å². The van der Waals surface area contributed by atoms with E-state index in [0.717, 1.165) is 6.42 Å². The van der Waals surface area contributed by atoms with Crippen LogP contribution in [0.25, 0.3) is 11.0 Å². The summed E-state index contributed by atoms with van der Waals surface area (Å²) in [4.78, 5) is 31.0. The summed E-state index contributed by atoms with van der Waals surface area (Å²) in [6.07, 6.45) is 2.69. The van der Waals surface area contributed by atoms with E-state index in [1.54, 1.807) is 24.1 Å². The molecule has 0 saturated carbocycles. The van der Waals surface area contributed by atoms with Crippen molar-refractivity contribution in [2.24, 2.45) is 7.05 Å². The second-order valence-electron chi connectivity index (χ2n) is 6.47. The Morgan fingerprint density at radius 2 is 2.19 bits per heavy atom. The molecule has 0 bridgehead atoms. The van der Waals surface area contributed by atoms with Gasteiger partial charge >= 0.3 is 0 Å². The van der Waals surface area contributed by atoms with Gasteiger partial charge in [0.25, 0.3) is 11.5 Å². The lowest BCUT2D eigenvalue weighted by molar-refractivity contribution is 0.0727. The van der Waals surface area contributed by atoms with Crippen LogP contribution >= 0.6 is 0 Å². The van der Waals surface area contributed by atoms with Crippen LogP contribution in [0.2, 0.25) is 0 Å². The average molecular weight is 371 g/mol. The molecule has 1 N–H and O–H groups in total. The Kier molecular flexibility index (Phi) is 4.14. The van der Waals surface area contributed by atoms with Crippen molar-refractivity contribution in [3.63, 3.8) is 0 Å². The van der Waals surface area contributed by atoms with Gasteiger partial charge in [-0.15, -0.1) is 0 Å². The van der Waals surface area contributed by atoms with E-state index in [-0.39, 0.29) is 28.2 Å². The summed E-state index contributed by atoms with van der Waals surface area (Å²) in [5, 5.41) is 6.59. The van der Waals surface area contributed by atoms with Crippen molar-refractivity contribution in [2.45, 2.75) is 18.9 Å². The number of hydrogen-bond acceptors (Lipinski definition) is 5. The molecule has 1 saturated heterocycles. The molecule has 1 unspecified atom stereocenters. The third-order valence-corrected chi connectivity index (χ3v) is 4.92. The SMILES string of the molecule is COc1cccc(F)c1C1CCCN1C(=O)c1[nH]nc2c(=O)n(C)cnc12. The van der Waals surface area contributed by atoms with Crippen molar-refractivity contribution in [1.82, 2.24) is 24.6 Å². The van der Waals surface area contributed by atoms with Gasteiger partial charge in [-0.05, 0) is 25.0 Å². The number of carbonyl (C=O) groups excluding carboxylic acids is 1. The molecule has 27 heavy (non-hydrogen) atoms. The molecule has 1 aromatic carbocycles. The summed E-state index contributed by atoms with van der Waals surface area (Å²) in [5.41, 5.74) is 0.462. The minimum atomic E-state index is -0.460. The quantitative estimate of drug-likeness (QED) is 0.758. The zero-order chi connectivity index (χ0) is 19.1. The number of hydrogen-bond donors (Lipinski definition) is 1. The lowest BCUT2D eigenvalue weighted by atomic mass is 10.0. The van der Waals surface area contributed by atoms with Gasteiger partial charge in [0, 0.05) is 13.6 Å². The summed E-state index contributed by atoms with van der Waals surface area (Å²) in [6, 6.07) is 4.14. The molecular weight excluding hydrogens is 353 g/mol. The van der Waals surface area contributed by atoms with Gasteiger partial charge in [-0.1, -0.05) is 6.07 Å². The van der Waals surface area contributed by atoms with Crippen molar-refractivity contribution in [2.75, 3.05) is 13.7 Å². The van der Waals surface area contributed by atoms with Crippen molar-refractivity contribution in [1.29, 1.82) is 0 Å². The first-order valence-corrected chi connectivity index (χ1v) is 8.56. The lowest BCUT2D eigenvalue weighted by Gasteiger charge is -2.26. The summed E-state index contributed by atoms with van der Waals surface area (Å²) >= 11 is 0. The molecular formula is C18H18FN5O3. The van der Waals surface area contributed by atoms with Gasteiger partial charge in [0.05, 0.1) is 25.0 Å². The monoisotopic (exact) mass is 371 g/mol. The highest BCUT2D eigenvalue weighted by molar-refractivity contribution is 6.03. The topological polar surface area (TPSA) is 93.1 Å². The van der Waals surface area contributed by atoms with E-state index in [1.807, 2.05) is 0 Å². The first-order valence-electron chi connectivity index (χ1n) is 8.56. The summed E-state index contributed by atoms with van der Waals surface area (Å²) in [5.74, 6) is -0.382. The minimum absolute atomic E-state index is 0.0996. The maximum Gasteiger partial charge on any atom is 0.281 e. The maximum absolute atomic E-state index is 14.5. The summed E-state index contributed by atoms with van der Waals surface area (Å²) in [6.45, 7) is 0.465.